The molecule has 0 saturated carbocycles. The van der Waals surface area contributed by atoms with Crippen LogP contribution in [0.3, 0.4) is 0 Å². The van der Waals surface area contributed by atoms with Gasteiger partial charge >= 0.3 is 5.97 Å². The van der Waals surface area contributed by atoms with E-state index in [4.69, 9.17) is 0 Å². The van der Waals surface area contributed by atoms with Gasteiger partial charge in [-0.15, -0.1) is 0 Å². The standard InChI is InChI=1S/C18H19N3O5/c1-19-17(22)15-10-14(21(24)25)8-9-16(15)20(2)11-12-4-6-13(7-5-12)18(23)26-3/h4-10H,11H2,1-3H3,(H,19,22). The van der Waals surface area contributed by atoms with Gasteiger partial charge in [-0.3, -0.25) is 14.9 Å². The molecule has 8 nitrogen and oxygen atoms in total. The van der Waals surface area contributed by atoms with Crippen LogP contribution in [0.15, 0.2) is 42.5 Å². The molecule has 0 radical (unpaired) electrons. The van der Waals surface area contributed by atoms with Crippen LogP contribution in [0.5, 0.6) is 0 Å². The van der Waals surface area contributed by atoms with Gasteiger partial charge in [-0.05, 0) is 23.8 Å². The van der Waals surface area contributed by atoms with Gasteiger partial charge in [0.2, 0.25) is 0 Å². The third-order valence-corrected chi connectivity index (χ3v) is 3.87. The van der Waals surface area contributed by atoms with E-state index in [1.165, 1.54) is 26.3 Å². The Morgan fingerprint density at radius 1 is 1.19 bits per heavy atom. The first-order valence-electron chi connectivity index (χ1n) is 7.76. The van der Waals surface area contributed by atoms with Gasteiger partial charge in [-0.25, -0.2) is 4.79 Å². The summed E-state index contributed by atoms with van der Waals surface area (Å²) in [5.41, 5.74) is 1.98. The molecular weight excluding hydrogens is 338 g/mol. The maximum atomic E-state index is 12.1. The summed E-state index contributed by atoms with van der Waals surface area (Å²) in [6.45, 7) is 0.448. The van der Waals surface area contributed by atoms with Gasteiger partial charge in [0.15, 0.2) is 0 Å². The Balaban J connectivity index is 2.28. The molecule has 26 heavy (non-hydrogen) atoms. The Kier molecular flexibility index (Phi) is 5.90. The van der Waals surface area contributed by atoms with Crippen molar-refractivity contribution in [2.45, 2.75) is 6.54 Å². The first-order chi connectivity index (χ1) is 12.4. The third-order valence-electron chi connectivity index (χ3n) is 3.87. The first-order valence-corrected chi connectivity index (χ1v) is 7.76. The normalized spacial score (nSPS) is 10.1. The van der Waals surface area contributed by atoms with Gasteiger partial charge < -0.3 is 15.0 Å². The van der Waals surface area contributed by atoms with E-state index in [9.17, 15) is 19.7 Å². The van der Waals surface area contributed by atoms with Crippen LogP contribution in [0, 0.1) is 10.1 Å². The molecule has 1 amide bonds. The van der Waals surface area contributed by atoms with Crippen molar-refractivity contribution in [3.8, 4) is 0 Å². The van der Waals surface area contributed by atoms with Gasteiger partial charge in [0.25, 0.3) is 11.6 Å². The van der Waals surface area contributed by atoms with Crippen LogP contribution < -0.4 is 10.2 Å². The number of nitro benzene ring substituents is 1. The number of carbonyl (C=O) groups is 2. The van der Waals surface area contributed by atoms with E-state index in [2.05, 4.69) is 10.1 Å². The number of carbonyl (C=O) groups excluding carboxylic acids is 2. The number of ether oxygens (including phenoxy) is 1. The van der Waals surface area contributed by atoms with Gasteiger partial charge in [-0.1, -0.05) is 12.1 Å². The lowest BCUT2D eigenvalue weighted by Crippen LogP contribution is -2.24. The van der Waals surface area contributed by atoms with Gasteiger partial charge in [-0.2, -0.15) is 0 Å². The highest BCUT2D eigenvalue weighted by Crippen LogP contribution is 2.26. The molecule has 0 aliphatic carbocycles. The molecule has 0 bridgehead atoms. The average Bonchev–Trinajstić information content (AvgIpc) is 2.66. The van der Waals surface area contributed by atoms with Crippen LogP contribution in [0.4, 0.5) is 11.4 Å². The minimum Gasteiger partial charge on any atom is -0.465 e. The number of hydrogen-bond donors (Lipinski definition) is 1. The number of benzene rings is 2. The Labute approximate surface area is 150 Å². The smallest absolute Gasteiger partial charge is 0.337 e. The van der Waals surface area contributed by atoms with E-state index in [1.807, 2.05) is 0 Å². The molecule has 1 N–H and O–H groups in total. The van der Waals surface area contributed by atoms with E-state index in [1.54, 1.807) is 42.3 Å². The van der Waals surface area contributed by atoms with E-state index >= 15 is 0 Å². The number of hydrogen-bond acceptors (Lipinski definition) is 6. The highest BCUT2D eigenvalue weighted by molar-refractivity contribution is 6.00. The van der Waals surface area contributed by atoms with Crippen molar-refractivity contribution in [1.82, 2.24) is 5.32 Å². The molecule has 0 atom stereocenters. The van der Waals surface area contributed by atoms with Crippen molar-refractivity contribution >= 4 is 23.3 Å². The first kappa shape index (κ1) is 18.9. The molecule has 136 valence electrons. The lowest BCUT2D eigenvalue weighted by Gasteiger charge is -2.22. The number of nitrogens with zero attached hydrogens (tertiary/aromatic N) is 2. The van der Waals surface area contributed by atoms with Gasteiger partial charge in [0.1, 0.15) is 0 Å². The Bertz CT molecular complexity index is 833. The van der Waals surface area contributed by atoms with Crippen molar-refractivity contribution in [3.63, 3.8) is 0 Å². The van der Waals surface area contributed by atoms with Crippen LogP contribution in [-0.2, 0) is 11.3 Å². The zero-order valence-corrected chi connectivity index (χ0v) is 14.7. The maximum absolute atomic E-state index is 12.1. The second-order valence-electron chi connectivity index (χ2n) is 5.58. The molecule has 0 aromatic heterocycles. The molecule has 0 saturated heterocycles. The fraction of sp³-hybridized carbons (Fsp3) is 0.222. The molecule has 8 heteroatoms. The molecule has 0 heterocycles. The lowest BCUT2D eigenvalue weighted by atomic mass is 10.1. The second kappa shape index (κ2) is 8.11. The van der Waals surface area contributed by atoms with Crippen molar-refractivity contribution in [1.29, 1.82) is 0 Å². The summed E-state index contributed by atoms with van der Waals surface area (Å²) < 4.78 is 4.66. The number of anilines is 1. The highest BCUT2D eigenvalue weighted by Gasteiger charge is 2.18. The fourth-order valence-electron chi connectivity index (χ4n) is 2.51. The molecular formula is C18H19N3O5. The van der Waals surface area contributed by atoms with E-state index in [0.29, 0.717) is 17.8 Å². The number of methoxy groups -OCH3 is 1. The third kappa shape index (κ3) is 4.15. The summed E-state index contributed by atoms with van der Waals surface area (Å²) in [5.74, 6) is -0.821. The summed E-state index contributed by atoms with van der Waals surface area (Å²) in [4.78, 5) is 35.8. The van der Waals surface area contributed by atoms with E-state index in [-0.39, 0.29) is 11.3 Å². The Hall–Kier alpha value is -3.42. The van der Waals surface area contributed by atoms with Crippen LogP contribution in [0.25, 0.3) is 0 Å². The molecule has 2 rings (SSSR count). The molecule has 0 unspecified atom stereocenters. The topological polar surface area (TPSA) is 102 Å². The van der Waals surface area contributed by atoms with Gasteiger partial charge in [0.05, 0.1) is 28.8 Å². The van der Waals surface area contributed by atoms with Crippen LogP contribution in [0.2, 0.25) is 0 Å². The van der Waals surface area contributed by atoms with Crippen LogP contribution in [0.1, 0.15) is 26.3 Å². The Morgan fingerprint density at radius 3 is 2.38 bits per heavy atom. The van der Waals surface area contributed by atoms with E-state index in [0.717, 1.165) is 5.56 Å². The highest BCUT2D eigenvalue weighted by atomic mass is 16.6. The molecule has 0 spiro atoms. The van der Waals surface area contributed by atoms with Crippen LogP contribution in [-0.4, -0.2) is 38.0 Å². The molecule has 2 aromatic carbocycles. The average molecular weight is 357 g/mol. The number of amides is 1. The minimum absolute atomic E-state index is 0.150. The van der Waals surface area contributed by atoms with Crippen molar-refractivity contribution in [2.24, 2.45) is 0 Å². The predicted octanol–water partition coefficient (Wildman–Crippen LogP) is 2.38. The zero-order chi connectivity index (χ0) is 19.3. The molecule has 0 fully saturated rings. The molecule has 0 aliphatic heterocycles. The number of rotatable bonds is 6. The summed E-state index contributed by atoms with van der Waals surface area (Å²) in [5, 5.41) is 13.5. The monoisotopic (exact) mass is 357 g/mol. The number of esters is 1. The quantitative estimate of drug-likeness (QED) is 0.484. The number of nitro groups is 1. The van der Waals surface area contributed by atoms with Crippen molar-refractivity contribution < 1.29 is 19.2 Å². The number of nitrogens with one attached hydrogen (secondary N) is 1. The van der Waals surface area contributed by atoms with Crippen molar-refractivity contribution in [2.75, 3.05) is 26.1 Å². The summed E-state index contributed by atoms with van der Waals surface area (Å²) in [6.07, 6.45) is 0. The fourth-order valence-corrected chi connectivity index (χ4v) is 2.51. The van der Waals surface area contributed by atoms with Gasteiger partial charge in [0, 0.05) is 32.8 Å². The predicted molar refractivity (Wildman–Crippen MR) is 96.4 cm³/mol. The largest absolute Gasteiger partial charge is 0.465 e. The summed E-state index contributed by atoms with van der Waals surface area (Å²) in [7, 11) is 4.57. The van der Waals surface area contributed by atoms with Crippen molar-refractivity contribution in [3.05, 3.63) is 69.3 Å². The van der Waals surface area contributed by atoms with E-state index < -0.39 is 16.8 Å². The maximum Gasteiger partial charge on any atom is 0.337 e. The molecule has 2 aromatic rings. The lowest BCUT2D eigenvalue weighted by molar-refractivity contribution is -0.384. The number of non-ortho nitro benzene ring substituents is 1. The SMILES string of the molecule is CNC(=O)c1cc([N+](=O)[O-])ccc1N(C)Cc1ccc(C(=O)OC)cc1. The minimum atomic E-state index is -0.540. The van der Waals surface area contributed by atoms with Crippen LogP contribution >= 0.6 is 0 Å². The summed E-state index contributed by atoms with van der Waals surface area (Å²) >= 11 is 0. The second-order valence-corrected chi connectivity index (χ2v) is 5.58. The molecule has 0 aliphatic rings. The Morgan fingerprint density at radius 2 is 1.85 bits per heavy atom. The summed E-state index contributed by atoms with van der Waals surface area (Å²) in [6, 6.07) is 11.0. The zero-order valence-electron chi connectivity index (χ0n) is 14.7.